The summed E-state index contributed by atoms with van der Waals surface area (Å²) in [6, 6.07) is 9.55. The van der Waals surface area contributed by atoms with E-state index in [-0.39, 0.29) is 18.4 Å². The highest BCUT2D eigenvalue weighted by Gasteiger charge is 2.17. The van der Waals surface area contributed by atoms with E-state index >= 15 is 0 Å². The summed E-state index contributed by atoms with van der Waals surface area (Å²) in [6.07, 6.45) is 5.53. The number of nitrogens with one attached hydrogen (secondary N) is 2. The van der Waals surface area contributed by atoms with Crippen LogP contribution in [0.3, 0.4) is 0 Å². The molecule has 1 aromatic carbocycles. The molecule has 12 nitrogen and oxygen atoms in total. The van der Waals surface area contributed by atoms with E-state index in [1.54, 1.807) is 20.0 Å². The highest BCUT2D eigenvalue weighted by atomic mass is 32.1. The van der Waals surface area contributed by atoms with E-state index in [2.05, 4.69) is 41.3 Å². The maximum Gasteiger partial charge on any atom is 0.247 e. The zero-order chi connectivity index (χ0) is 27.0. The van der Waals surface area contributed by atoms with Gasteiger partial charge in [-0.15, -0.1) is 25.5 Å². The number of unbranched alkanes of at least 4 members (excludes halogenated alkanes) is 1. The monoisotopic (exact) mass is 555 g/mol. The number of hydrogen-bond donors (Lipinski definition) is 3. The van der Waals surface area contributed by atoms with E-state index in [0.29, 0.717) is 28.8 Å². The van der Waals surface area contributed by atoms with Crippen molar-refractivity contribution in [1.29, 1.82) is 0 Å². The normalized spacial score (nSPS) is 11.4. The predicted octanol–water partition coefficient (Wildman–Crippen LogP) is 2.68. The molecule has 14 heteroatoms. The zero-order valence-electron chi connectivity index (χ0n) is 21.1. The molecule has 0 aliphatic heterocycles. The quantitative estimate of drug-likeness (QED) is 0.211. The van der Waals surface area contributed by atoms with Gasteiger partial charge in [-0.05, 0) is 32.3 Å². The van der Waals surface area contributed by atoms with Crippen LogP contribution in [-0.4, -0.2) is 57.9 Å². The third-order valence-electron chi connectivity index (χ3n) is 5.17. The van der Waals surface area contributed by atoms with Crippen molar-refractivity contribution in [3.8, 4) is 0 Å². The number of benzene rings is 1. The molecule has 38 heavy (non-hydrogen) atoms. The number of aryl methyl sites for hydroxylation is 2. The molecule has 2 amide bonds. The van der Waals surface area contributed by atoms with Gasteiger partial charge >= 0.3 is 0 Å². The van der Waals surface area contributed by atoms with Crippen LogP contribution in [0.1, 0.15) is 48.0 Å². The first-order valence-corrected chi connectivity index (χ1v) is 13.7. The molecule has 4 rings (SSSR count). The van der Waals surface area contributed by atoms with Crippen LogP contribution in [-0.2, 0) is 41.8 Å². The largest absolute Gasteiger partial charge is 0.390 e. The molecule has 4 aromatic rings. The summed E-state index contributed by atoms with van der Waals surface area (Å²) in [5.41, 5.74) is 0.661. The van der Waals surface area contributed by atoms with Crippen LogP contribution in [0.4, 0.5) is 10.3 Å². The summed E-state index contributed by atoms with van der Waals surface area (Å²) >= 11 is 2.72. The minimum atomic E-state index is -0.896. The van der Waals surface area contributed by atoms with Gasteiger partial charge in [-0.1, -0.05) is 58.2 Å². The lowest BCUT2D eigenvalue weighted by Gasteiger charge is -2.13. The molecule has 0 aliphatic rings. The molecule has 0 fully saturated rings. The van der Waals surface area contributed by atoms with Crippen molar-refractivity contribution >= 4 is 44.8 Å². The smallest absolute Gasteiger partial charge is 0.247 e. The van der Waals surface area contributed by atoms with Gasteiger partial charge in [0.2, 0.25) is 22.1 Å². The van der Waals surface area contributed by atoms with Crippen LogP contribution >= 0.6 is 22.7 Å². The molecule has 0 spiro atoms. The molecule has 0 saturated carbocycles. The molecule has 0 aliphatic carbocycles. The standard InChI is InChI=1S/C24H29N9O3S2/c1-24(2,36)13-17-14-33(32-27-17)15-19(35)26-23-31-29-21(38-23)11-7-6-10-20-28-30-22(37-20)25-18(34)12-16-8-4-3-5-9-16/h3-5,8-9,14,36H,6-7,10-13,15H2,1-2H3,(H,25,30,34)(H,26,31,35). The van der Waals surface area contributed by atoms with Crippen molar-refractivity contribution in [2.75, 3.05) is 10.6 Å². The second kappa shape index (κ2) is 12.8. The molecule has 0 radical (unpaired) electrons. The van der Waals surface area contributed by atoms with Crippen molar-refractivity contribution in [2.45, 2.75) is 64.5 Å². The van der Waals surface area contributed by atoms with E-state index in [4.69, 9.17) is 0 Å². The molecule has 200 valence electrons. The van der Waals surface area contributed by atoms with Gasteiger partial charge in [0.15, 0.2) is 0 Å². The van der Waals surface area contributed by atoms with Crippen LogP contribution in [0.5, 0.6) is 0 Å². The fourth-order valence-corrected chi connectivity index (χ4v) is 5.15. The van der Waals surface area contributed by atoms with Crippen LogP contribution in [0.2, 0.25) is 0 Å². The minimum absolute atomic E-state index is 0.00961. The minimum Gasteiger partial charge on any atom is -0.390 e. The number of hydrogen-bond acceptors (Lipinski definition) is 11. The van der Waals surface area contributed by atoms with Crippen molar-refractivity contribution < 1.29 is 14.7 Å². The van der Waals surface area contributed by atoms with Gasteiger partial charge < -0.3 is 10.4 Å². The summed E-state index contributed by atoms with van der Waals surface area (Å²) in [5.74, 6) is -0.398. The SMILES string of the molecule is CC(C)(O)Cc1cn(CC(=O)Nc2nnc(CCCCc3nnc(NC(=O)Cc4ccccc4)s3)s2)nn1. The van der Waals surface area contributed by atoms with E-state index < -0.39 is 5.60 Å². The molecule has 3 aromatic heterocycles. The van der Waals surface area contributed by atoms with Gasteiger partial charge in [-0.25, -0.2) is 4.68 Å². The van der Waals surface area contributed by atoms with E-state index in [1.165, 1.54) is 27.4 Å². The maximum atomic E-state index is 12.3. The van der Waals surface area contributed by atoms with Gasteiger partial charge in [0, 0.05) is 25.5 Å². The third kappa shape index (κ3) is 9.04. The highest BCUT2D eigenvalue weighted by Crippen LogP contribution is 2.20. The van der Waals surface area contributed by atoms with Gasteiger partial charge in [-0.2, -0.15) is 0 Å². The Balaban J connectivity index is 1.14. The lowest BCUT2D eigenvalue weighted by atomic mass is 10.0. The molecule has 0 saturated heterocycles. The number of nitrogens with zero attached hydrogens (tertiary/aromatic N) is 7. The number of aliphatic hydroxyl groups is 1. The number of amides is 2. The van der Waals surface area contributed by atoms with E-state index in [9.17, 15) is 14.7 Å². The van der Waals surface area contributed by atoms with Gasteiger partial charge in [0.05, 0.1) is 17.7 Å². The molecule has 0 atom stereocenters. The second-order valence-electron chi connectivity index (χ2n) is 9.36. The predicted molar refractivity (Wildman–Crippen MR) is 144 cm³/mol. The Morgan fingerprint density at radius 1 is 0.895 bits per heavy atom. The Morgan fingerprint density at radius 2 is 1.50 bits per heavy atom. The zero-order valence-corrected chi connectivity index (χ0v) is 22.8. The van der Waals surface area contributed by atoms with Crippen LogP contribution in [0.25, 0.3) is 0 Å². The van der Waals surface area contributed by atoms with Crippen LogP contribution in [0, 0.1) is 0 Å². The Labute approximate surface area is 227 Å². The third-order valence-corrected chi connectivity index (χ3v) is 6.97. The Kier molecular flexibility index (Phi) is 9.20. The summed E-state index contributed by atoms with van der Waals surface area (Å²) in [6.45, 7) is 3.37. The fraction of sp³-hybridized carbons (Fsp3) is 0.417. The highest BCUT2D eigenvalue weighted by molar-refractivity contribution is 7.15. The number of rotatable bonds is 13. The molecule has 3 heterocycles. The molecule has 0 unspecified atom stereocenters. The lowest BCUT2D eigenvalue weighted by Crippen LogP contribution is -2.22. The van der Waals surface area contributed by atoms with Gasteiger partial charge in [-0.3, -0.25) is 14.9 Å². The van der Waals surface area contributed by atoms with Crippen molar-refractivity contribution in [3.05, 3.63) is 57.8 Å². The van der Waals surface area contributed by atoms with E-state index in [1.807, 2.05) is 30.3 Å². The summed E-state index contributed by atoms with van der Waals surface area (Å²) in [4.78, 5) is 24.5. The van der Waals surface area contributed by atoms with Crippen molar-refractivity contribution in [1.82, 2.24) is 35.4 Å². The molecule has 3 N–H and O–H groups in total. The van der Waals surface area contributed by atoms with Crippen molar-refractivity contribution in [3.63, 3.8) is 0 Å². The first kappa shape index (κ1) is 27.4. The second-order valence-corrected chi connectivity index (χ2v) is 11.5. The first-order valence-electron chi connectivity index (χ1n) is 12.1. The fourth-order valence-electron chi connectivity index (χ4n) is 3.55. The summed E-state index contributed by atoms with van der Waals surface area (Å²) in [5, 5.41) is 42.4. The Bertz CT molecular complexity index is 1350. The number of carbonyl (C=O) groups excluding carboxylic acids is 2. The van der Waals surface area contributed by atoms with Crippen LogP contribution in [0.15, 0.2) is 36.5 Å². The molecular weight excluding hydrogens is 526 g/mol. The summed E-state index contributed by atoms with van der Waals surface area (Å²) in [7, 11) is 0. The van der Waals surface area contributed by atoms with Crippen LogP contribution < -0.4 is 10.6 Å². The number of anilines is 2. The number of carbonyl (C=O) groups is 2. The van der Waals surface area contributed by atoms with Gasteiger partial charge in [0.25, 0.3) is 0 Å². The topological polar surface area (TPSA) is 161 Å². The lowest BCUT2D eigenvalue weighted by molar-refractivity contribution is -0.117. The Morgan fingerprint density at radius 3 is 2.11 bits per heavy atom. The maximum absolute atomic E-state index is 12.3. The summed E-state index contributed by atoms with van der Waals surface area (Å²) < 4.78 is 1.42. The Hall–Kier alpha value is -3.62. The molecule has 0 bridgehead atoms. The van der Waals surface area contributed by atoms with Crippen molar-refractivity contribution in [2.24, 2.45) is 0 Å². The molecular formula is C24H29N9O3S2. The average molecular weight is 556 g/mol. The number of aromatic nitrogens is 7. The average Bonchev–Trinajstić information content (AvgIpc) is 3.59. The van der Waals surface area contributed by atoms with E-state index in [0.717, 1.165) is 41.3 Å². The first-order chi connectivity index (χ1) is 18.2. The van der Waals surface area contributed by atoms with Gasteiger partial charge in [0.1, 0.15) is 16.6 Å².